The van der Waals surface area contributed by atoms with Crippen LogP contribution in [0.25, 0.3) is 16.7 Å². The van der Waals surface area contributed by atoms with Crippen molar-refractivity contribution < 1.29 is 13.2 Å². The highest BCUT2D eigenvalue weighted by atomic mass is 79.9. The number of anilines is 1. The summed E-state index contributed by atoms with van der Waals surface area (Å²) in [5, 5.41) is 0. The summed E-state index contributed by atoms with van der Waals surface area (Å²) < 4.78 is 42.9. The maximum atomic E-state index is 14.1. The molecule has 21 heavy (non-hydrogen) atoms. The molecule has 108 valence electrons. The standard InChI is InChI=1S/C14H9BrF3N3/c1-6-2-10(18)12(4-8(6)16)21-13-5-9(17)7(15)3-11(13)20-14(21)19/h2-5H,1H3,(H2,19,20). The molecule has 2 N–H and O–H groups in total. The number of rotatable bonds is 1. The van der Waals surface area contributed by atoms with Crippen molar-refractivity contribution >= 4 is 32.9 Å². The van der Waals surface area contributed by atoms with E-state index in [1.165, 1.54) is 23.6 Å². The van der Waals surface area contributed by atoms with Crippen molar-refractivity contribution in [3.05, 3.63) is 51.8 Å². The van der Waals surface area contributed by atoms with Gasteiger partial charge >= 0.3 is 0 Å². The van der Waals surface area contributed by atoms with Crippen LogP contribution in [-0.2, 0) is 0 Å². The van der Waals surface area contributed by atoms with Gasteiger partial charge in [0.1, 0.15) is 17.5 Å². The van der Waals surface area contributed by atoms with Gasteiger partial charge in [-0.1, -0.05) is 0 Å². The topological polar surface area (TPSA) is 43.8 Å². The van der Waals surface area contributed by atoms with Gasteiger partial charge in [-0.15, -0.1) is 0 Å². The highest BCUT2D eigenvalue weighted by molar-refractivity contribution is 9.10. The van der Waals surface area contributed by atoms with Crippen molar-refractivity contribution in [2.24, 2.45) is 0 Å². The van der Waals surface area contributed by atoms with Crippen LogP contribution < -0.4 is 5.73 Å². The van der Waals surface area contributed by atoms with Crippen molar-refractivity contribution in [3.63, 3.8) is 0 Å². The van der Waals surface area contributed by atoms with Gasteiger partial charge in [0, 0.05) is 12.1 Å². The van der Waals surface area contributed by atoms with Crippen molar-refractivity contribution in [3.8, 4) is 5.69 Å². The van der Waals surface area contributed by atoms with E-state index < -0.39 is 17.5 Å². The average molecular weight is 356 g/mol. The first-order valence-corrected chi connectivity index (χ1v) is 6.77. The Bertz CT molecular complexity index is 874. The van der Waals surface area contributed by atoms with Crippen LogP contribution in [0.15, 0.2) is 28.7 Å². The number of fused-ring (bicyclic) bond motifs is 1. The molecule has 2 aromatic carbocycles. The number of imidazole rings is 1. The molecule has 7 heteroatoms. The summed E-state index contributed by atoms with van der Waals surface area (Å²) in [5.41, 5.74) is 6.47. The molecular formula is C14H9BrF3N3. The molecule has 0 aliphatic carbocycles. The molecule has 0 amide bonds. The van der Waals surface area contributed by atoms with Crippen LogP contribution in [0.1, 0.15) is 5.56 Å². The fraction of sp³-hybridized carbons (Fsp3) is 0.0714. The molecule has 0 radical (unpaired) electrons. The van der Waals surface area contributed by atoms with Crippen molar-refractivity contribution in [1.29, 1.82) is 0 Å². The number of hydrogen-bond donors (Lipinski definition) is 1. The number of hydrogen-bond acceptors (Lipinski definition) is 2. The quantitative estimate of drug-likeness (QED) is 0.714. The van der Waals surface area contributed by atoms with E-state index in [1.807, 2.05) is 0 Å². The molecule has 3 aromatic rings. The molecule has 3 nitrogen and oxygen atoms in total. The molecular weight excluding hydrogens is 347 g/mol. The van der Waals surface area contributed by atoms with Gasteiger partial charge in [-0.2, -0.15) is 0 Å². The summed E-state index contributed by atoms with van der Waals surface area (Å²) >= 11 is 3.04. The molecule has 3 rings (SSSR count). The zero-order valence-electron chi connectivity index (χ0n) is 10.8. The number of aromatic nitrogens is 2. The first-order valence-electron chi connectivity index (χ1n) is 5.97. The number of aryl methyl sites for hydroxylation is 1. The van der Waals surface area contributed by atoms with Crippen LogP contribution in [0, 0.1) is 24.4 Å². The van der Waals surface area contributed by atoms with Gasteiger partial charge < -0.3 is 5.73 Å². The summed E-state index contributed by atoms with van der Waals surface area (Å²) in [6.45, 7) is 1.45. The second-order valence-corrected chi connectivity index (χ2v) is 5.47. The van der Waals surface area contributed by atoms with E-state index in [0.717, 1.165) is 12.1 Å². The maximum absolute atomic E-state index is 14.1. The fourth-order valence-corrected chi connectivity index (χ4v) is 2.48. The zero-order chi connectivity index (χ0) is 15.3. The lowest BCUT2D eigenvalue weighted by molar-refractivity contribution is 0.586. The Hall–Kier alpha value is -2.02. The maximum Gasteiger partial charge on any atom is 0.206 e. The van der Waals surface area contributed by atoms with Crippen LogP contribution in [0.5, 0.6) is 0 Å². The van der Waals surface area contributed by atoms with Crippen LogP contribution in [0.3, 0.4) is 0 Å². The lowest BCUT2D eigenvalue weighted by atomic mass is 10.2. The van der Waals surface area contributed by atoms with Crippen molar-refractivity contribution in [2.45, 2.75) is 6.92 Å². The van der Waals surface area contributed by atoms with E-state index in [-0.39, 0.29) is 27.2 Å². The summed E-state index contributed by atoms with van der Waals surface area (Å²) in [4.78, 5) is 4.04. The van der Waals surface area contributed by atoms with E-state index in [0.29, 0.717) is 5.52 Å². The average Bonchev–Trinajstić information content (AvgIpc) is 2.70. The predicted molar refractivity (Wildman–Crippen MR) is 77.8 cm³/mol. The lowest BCUT2D eigenvalue weighted by Gasteiger charge is -2.09. The fourth-order valence-electron chi connectivity index (χ4n) is 2.15. The predicted octanol–water partition coefficient (Wildman–Crippen LogP) is 4.10. The summed E-state index contributed by atoms with van der Waals surface area (Å²) in [6, 6.07) is 4.67. The van der Waals surface area contributed by atoms with Crippen LogP contribution in [-0.4, -0.2) is 9.55 Å². The molecule has 0 fully saturated rings. The minimum absolute atomic E-state index is 0.0512. The Balaban J connectivity index is 2.37. The Labute approximate surface area is 126 Å². The number of nitrogens with two attached hydrogens (primary N) is 1. The third-order valence-electron chi connectivity index (χ3n) is 3.19. The minimum Gasteiger partial charge on any atom is -0.369 e. The molecule has 0 unspecified atom stereocenters. The van der Waals surface area contributed by atoms with Gasteiger partial charge in [-0.3, -0.25) is 4.57 Å². The number of benzene rings is 2. The molecule has 0 aliphatic rings. The minimum atomic E-state index is -0.664. The molecule has 0 saturated carbocycles. The molecule has 0 atom stereocenters. The van der Waals surface area contributed by atoms with Gasteiger partial charge in [0.05, 0.1) is 21.2 Å². The first-order chi connectivity index (χ1) is 9.88. The number of halogens is 4. The molecule has 1 aromatic heterocycles. The third-order valence-corrected chi connectivity index (χ3v) is 3.80. The Morgan fingerprint density at radius 1 is 1.05 bits per heavy atom. The first kappa shape index (κ1) is 13.9. The summed E-state index contributed by atoms with van der Waals surface area (Å²) in [6.07, 6.45) is 0. The number of nitrogen functional groups attached to an aromatic ring is 1. The van der Waals surface area contributed by atoms with Gasteiger partial charge in [-0.25, -0.2) is 18.2 Å². The van der Waals surface area contributed by atoms with Gasteiger partial charge in [0.25, 0.3) is 0 Å². The van der Waals surface area contributed by atoms with Crippen LogP contribution >= 0.6 is 15.9 Å². The van der Waals surface area contributed by atoms with Gasteiger partial charge in [0.2, 0.25) is 5.95 Å². The van der Waals surface area contributed by atoms with Crippen LogP contribution in [0.2, 0.25) is 0 Å². The molecule has 0 bridgehead atoms. The van der Waals surface area contributed by atoms with Crippen LogP contribution in [0.4, 0.5) is 19.1 Å². The largest absolute Gasteiger partial charge is 0.369 e. The monoisotopic (exact) mass is 355 g/mol. The molecule has 0 saturated heterocycles. The van der Waals surface area contributed by atoms with E-state index in [9.17, 15) is 13.2 Å². The second-order valence-electron chi connectivity index (χ2n) is 4.61. The summed E-state index contributed by atoms with van der Waals surface area (Å²) in [7, 11) is 0. The molecule has 1 heterocycles. The summed E-state index contributed by atoms with van der Waals surface area (Å²) in [5.74, 6) is -1.84. The van der Waals surface area contributed by atoms with Crippen molar-refractivity contribution in [1.82, 2.24) is 9.55 Å². The second kappa shape index (κ2) is 4.77. The van der Waals surface area contributed by atoms with E-state index in [4.69, 9.17) is 5.73 Å². The zero-order valence-corrected chi connectivity index (χ0v) is 12.4. The Morgan fingerprint density at radius 3 is 2.48 bits per heavy atom. The van der Waals surface area contributed by atoms with E-state index in [2.05, 4.69) is 20.9 Å². The van der Waals surface area contributed by atoms with Gasteiger partial charge in [-0.05, 0) is 40.5 Å². The molecule has 0 aliphatic heterocycles. The van der Waals surface area contributed by atoms with E-state index in [1.54, 1.807) is 0 Å². The normalized spacial score (nSPS) is 11.3. The van der Waals surface area contributed by atoms with Gasteiger partial charge in [0.15, 0.2) is 0 Å². The SMILES string of the molecule is Cc1cc(F)c(-n2c(N)nc3cc(Br)c(F)cc32)cc1F. The molecule has 0 spiro atoms. The smallest absolute Gasteiger partial charge is 0.206 e. The van der Waals surface area contributed by atoms with E-state index >= 15 is 0 Å². The highest BCUT2D eigenvalue weighted by Gasteiger charge is 2.17. The lowest BCUT2D eigenvalue weighted by Crippen LogP contribution is -2.04. The highest BCUT2D eigenvalue weighted by Crippen LogP contribution is 2.29. The number of nitrogens with zero attached hydrogens (tertiary/aromatic N) is 2. The third kappa shape index (κ3) is 2.17. The van der Waals surface area contributed by atoms with Crippen molar-refractivity contribution in [2.75, 3.05) is 5.73 Å². The Morgan fingerprint density at radius 2 is 1.76 bits per heavy atom. The Kier molecular flexibility index (Phi) is 3.16.